The minimum Gasteiger partial charge on any atom is -0.340 e. The van der Waals surface area contributed by atoms with Gasteiger partial charge in [-0.3, -0.25) is 4.79 Å². The molecule has 14 heavy (non-hydrogen) atoms. The number of aryl methyl sites for hydroxylation is 1. The topological polar surface area (TPSA) is 46.9 Å². The fourth-order valence-corrected chi connectivity index (χ4v) is 1.82. The highest BCUT2D eigenvalue weighted by atomic mass is 16.1. The van der Waals surface area contributed by atoms with Crippen LogP contribution in [0.2, 0.25) is 0 Å². The summed E-state index contributed by atoms with van der Waals surface area (Å²) in [7, 11) is 1.87. The molecule has 2 heterocycles. The molecule has 1 unspecified atom stereocenters. The molecule has 0 bridgehead atoms. The number of hydrogen-bond donors (Lipinski definition) is 1. The van der Waals surface area contributed by atoms with E-state index in [1.807, 2.05) is 7.05 Å². The van der Waals surface area contributed by atoms with Crippen LogP contribution < -0.4 is 5.32 Å². The average molecular weight is 193 g/mol. The number of Topliss-reactive ketones (excluding diaryl/α,β-unsaturated/α-hetero) is 1. The van der Waals surface area contributed by atoms with Crippen molar-refractivity contribution in [2.24, 2.45) is 7.05 Å². The average Bonchev–Trinajstić information content (AvgIpc) is 2.75. The van der Waals surface area contributed by atoms with Gasteiger partial charge in [0.25, 0.3) is 0 Å². The van der Waals surface area contributed by atoms with Crippen LogP contribution in [0.4, 0.5) is 0 Å². The van der Waals surface area contributed by atoms with Crippen molar-refractivity contribution in [2.45, 2.75) is 25.3 Å². The number of ketones is 1. The largest absolute Gasteiger partial charge is 0.340 e. The minimum absolute atomic E-state index is 0.144. The van der Waals surface area contributed by atoms with Gasteiger partial charge in [-0.15, -0.1) is 0 Å². The zero-order chi connectivity index (χ0) is 9.97. The van der Waals surface area contributed by atoms with Gasteiger partial charge in [0.1, 0.15) is 5.69 Å². The van der Waals surface area contributed by atoms with Crippen LogP contribution in [0.1, 0.15) is 29.8 Å². The van der Waals surface area contributed by atoms with E-state index < -0.39 is 0 Å². The van der Waals surface area contributed by atoms with Crippen LogP contribution in [-0.4, -0.2) is 27.9 Å². The van der Waals surface area contributed by atoms with Gasteiger partial charge in [-0.05, 0) is 19.4 Å². The first-order chi connectivity index (χ1) is 6.75. The zero-order valence-corrected chi connectivity index (χ0v) is 8.36. The third-order valence-electron chi connectivity index (χ3n) is 2.58. The maximum Gasteiger partial charge on any atom is 0.184 e. The molecule has 4 nitrogen and oxygen atoms in total. The molecule has 0 amide bonds. The van der Waals surface area contributed by atoms with E-state index in [0.29, 0.717) is 18.2 Å². The highest BCUT2D eigenvalue weighted by molar-refractivity contribution is 5.94. The zero-order valence-electron chi connectivity index (χ0n) is 8.36. The number of nitrogens with one attached hydrogen (secondary N) is 1. The monoisotopic (exact) mass is 193 g/mol. The Balaban J connectivity index is 1.95. The molecule has 0 saturated carbocycles. The van der Waals surface area contributed by atoms with E-state index in [1.165, 1.54) is 6.42 Å². The van der Waals surface area contributed by atoms with Crippen molar-refractivity contribution < 1.29 is 4.79 Å². The summed E-state index contributed by atoms with van der Waals surface area (Å²) in [6.45, 7) is 1.04. The molecule has 1 N–H and O–H groups in total. The molecule has 2 rings (SSSR count). The summed E-state index contributed by atoms with van der Waals surface area (Å²) in [5.41, 5.74) is 0.584. The predicted octanol–water partition coefficient (Wildman–Crippen LogP) is 0.745. The summed E-state index contributed by atoms with van der Waals surface area (Å²) in [4.78, 5) is 15.7. The highest BCUT2D eigenvalue weighted by Crippen LogP contribution is 2.11. The van der Waals surface area contributed by atoms with Crippen LogP contribution in [0, 0.1) is 0 Å². The molecule has 0 radical (unpaired) electrons. The summed E-state index contributed by atoms with van der Waals surface area (Å²) < 4.78 is 1.80. The molecule has 1 aliphatic heterocycles. The molecular formula is C10H15N3O. The third kappa shape index (κ3) is 2.01. The van der Waals surface area contributed by atoms with Gasteiger partial charge in [0, 0.05) is 25.7 Å². The van der Waals surface area contributed by atoms with Crippen LogP contribution in [-0.2, 0) is 7.05 Å². The lowest BCUT2D eigenvalue weighted by Gasteiger charge is -2.06. The number of rotatable bonds is 3. The van der Waals surface area contributed by atoms with Crippen molar-refractivity contribution in [1.82, 2.24) is 14.9 Å². The van der Waals surface area contributed by atoms with Gasteiger partial charge in [-0.2, -0.15) is 0 Å². The first-order valence-corrected chi connectivity index (χ1v) is 5.00. The standard InChI is InChI=1S/C10H15N3O/c1-13-6-9(12-7-13)10(14)5-8-3-2-4-11-8/h6-8,11H,2-5H2,1H3. The number of aromatic nitrogens is 2. The molecule has 0 aromatic carbocycles. The Labute approximate surface area is 83.3 Å². The van der Waals surface area contributed by atoms with Gasteiger partial charge in [-0.25, -0.2) is 4.98 Å². The quantitative estimate of drug-likeness (QED) is 0.720. The van der Waals surface area contributed by atoms with Gasteiger partial charge < -0.3 is 9.88 Å². The Morgan fingerprint density at radius 3 is 3.21 bits per heavy atom. The second-order valence-corrected chi connectivity index (χ2v) is 3.84. The summed E-state index contributed by atoms with van der Waals surface area (Å²) in [6, 6.07) is 0.365. The second-order valence-electron chi connectivity index (χ2n) is 3.84. The fourth-order valence-electron chi connectivity index (χ4n) is 1.82. The van der Waals surface area contributed by atoms with Crippen LogP contribution in [0.15, 0.2) is 12.5 Å². The molecule has 0 aliphatic carbocycles. The molecular weight excluding hydrogens is 178 g/mol. The second kappa shape index (κ2) is 3.92. The number of hydrogen-bond acceptors (Lipinski definition) is 3. The Morgan fingerprint density at radius 2 is 2.64 bits per heavy atom. The molecule has 4 heteroatoms. The molecule has 1 fully saturated rings. The number of carbonyl (C=O) groups excluding carboxylic acids is 1. The van der Waals surface area contributed by atoms with Gasteiger partial charge in [0.15, 0.2) is 5.78 Å². The molecule has 76 valence electrons. The van der Waals surface area contributed by atoms with Crippen molar-refractivity contribution >= 4 is 5.78 Å². The van der Waals surface area contributed by atoms with E-state index in [9.17, 15) is 4.79 Å². The third-order valence-corrected chi connectivity index (χ3v) is 2.58. The van der Waals surface area contributed by atoms with E-state index in [0.717, 1.165) is 13.0 Å². The van der Waals surface area contributed by atoms with Gasteiger partial charge in [-0.1, -0.05) is 0 Å². The van der Waals surface area contributed by atoms with Crippen LogP contribution in [0.3, 0.4) is 0 Å². The van der Waals surface area contributed by atoms with Crippen LogP contribution in [0.5, 0.6) is 0 Å². The molecule has 1 aromatic heterocycles. The highest BCUT2D eigenvalue weighted by Gasteiger charge is 2.19. The van der Waals surface area contributed by atoms with Crippen molar-refractivity contribution in [2.75, 3.05) is 6.54 Å². The fraction of sp³-hybridized carbons (Fsp3) is 0.600. The summed E-state index contributed by atoms with van der Waals surface area (Å²) in [6.07, 6.45) is 6.31. The Kier molecular flexibility index (Phi) is 2.63. The molecule has 1 atom stereocenters. The van der Waals surface area contributed by atoms with Crippen LogP contribution >= 0.6 is 0 Å². The van der Waals surface area contributed by atoms with Crippen molar-refractivity contribution in [3.8, 4) is 0 Å². The molecule has 1 aromatic rings. The molecule has 0 spiro atoms. The van der Waals surface area contributed by atoms with E-state index >= 15 is 0 Å². The van der Waals surface area contributed by atoms with Crippen molar-refractivity contribution in [3.05, 3.63) is 18.2 Å². The minimum atomic E-state index is 0.144. The van der Waals surface area contributed by atoms with E-state index in [2.05, 4.69) is 10.3 Å². The van der Waals surface area contributed by atoms with E-state index in [-0.39, 0.29) is 5.78 Å². The van der Waals surface area contributed by atoms with Crippen molar-refractivity contribution in [3.63, 3.8) is 0 Å². The lowest BCUT2D eigenvalue weighted by atomic mass is 10.1. The predicted molar refractivity (Wildman–Crippen MR) is 53.2 cm³/mol. The van der Waals surface area contributed by atoms with Gasteiger partial charge in [0.05, 0.1) is 6.33 Å². The number of imidazole rings is 1. The van der Waals surface area contributed by atoms with E-state index in [4.69, 9.17) is 0 Å². The normalized spacial score (nSPS) is 21.4. The lowest BCUT2D eigenvalue weighted by molar-refractivity contribution is 0.0967. The van der Waals surface area contributed by atoms with Gasteiger partial charge in [0.2, 0.25) is 0 Å². The summed E-state index contributed by atoms with van der Waals surface area (Å²) in [5, 5.41) is 3.31. The summed E-state index contributed by atoms with van der Waals surface area (Å²) >= 11 is 0. The maximum atomic E-state index is 11.7. The van der Waals surface area contributed by atoms with Crippen LogP contribution in [0.25, 0.3) is 0 Å². The SMILES string of the molecule is Cn1cnc(C(=O)CC2CCCN2)c1. The maximum absolute atomic E-state index is 11.7. The summed E-state index contributed by atoms with van der Waals surface area (Å²) in [5.74, 6) is 0.144. The Hall–Kier alpha value is -1.16. The van der Waals surface area contributed by atoms with E-state index in [1.54, 1.807) is 17.1 Å². The molecule has 1 saturated heterocycles. The van der Waals surface area contributed by atoms with Gasteiger partial charge >= 0.3 is 0 Å². The van der Waals surface area contributed by atoms with Crippen molar-refractivity contribution in [1.29, 1.82) is 0 Å². The number of nitrogens with zero attached hydrogens (tertiary/aromatic N) is 2. The first kappa shape index (κ1) is 9.40. The molecule has 1 aliphatic rings. The first-order valence-electron chi connectivity index (χ1n) is 5.00. The number of carbonyl (C=O) groups is 1. The lowest BCUT2D eigenvalue weighted by Crippen LogP contribution is -2.24. The Morgan fingerprint density at radius 1 is 1.79 bits per heavy atom. The Bertz CT molecular complexity index is 326. The smallest absolute Gasteiger partial charge is 0.184 e.